The van der Waals surface area contributed by atoms with E-state index in [0.29, 0.717) is 0 Å². The van der Waals surface area contributed by atoms with Gasteiger partial charge in [-0.2, -0.15) is 0 Å². The van der Waals surface area contributed by atoms with Crippen LogP contribution in [-0.2, 0) is 4.79 Å². The molecule has 0 unspecified atom stereocenters. The number of hydrogen-bond donors (Lipinski definition) is 1. The van der Waals surface area contributed by atoms with Crippen molar-refractivity contribution in [1.29, 1.82) is 0 Å². The van der Waals surface area contributed by atoms with Gasteiger partial charge in [0.2, 0.25) is 0 Å². The lowest BCUT2D eigenvalue weighted by molar-refractivity contribution is -0.274. The molecular formula is C10H6ClF3O3. The van der Waals surface area contributed by atoms with Crippen molar-refractivity contribution in [3.05, 3.63) is 34.9 Å². The normalized spacial score (nSPS) is 11.8. The Kier molecular flexibility index (Phi) is 4.01. The van der Waals surface area contributed by atoms with Crippen molar-refractivity contribution in [3.8, 4) is 5.75 Å². The highest BCUT2D eigenvalue weighted by Crippen LogP contribution is 2.33. The molecule has 0 amide bonds. The Labute approximate surface area is 99.1 Å². The van der Waals surface area contributed by atoms with Gasteiger partial charge in [0.05, 0.1) is 5.02 Å². The van der Waals surface area contributed by atoms with Crippen molar-refractivity contribution < 1.29 is 27.8 Å². The van der Waals surface area contributed by atoms with Gasteiger partial charge < -0.3 is 9.84 Å². The minimum absolute atomic E-state index is 0.121. The predicted octanol–water partition coefficient (Wildman–Crippen LogP) is 3.34. The molecule has 0 spiro atoms. The summed E-state index contributed by atoms with van der Waals surface area (Å²) in [5.41, 5.74) is 0.121. The molecule has 0 aliphatic carbocycles. The number of rotatable bonds is 3. The monoisotopic (exact) mass is 266 g/mol. The van der Waals surface area contributed by atoms with E-state index in [2.05, 4.69) is 4.74 Å². The van der Waals surface area contributed by atoms with Crippen molar-refractivity contribution in [2.75, 3.05) is 0 Å². The molecule has 1 aromatic carbocycles. The number of aliphatic carboxylic acids is 1. The van der Waals surface area contributed by atoms with E-state index >= 15 is 0 Å². The van der Waals surface area contributed by atoms with Crippen LogP contribution in [0.1, 0.15) is 5.56 Å². The maximum Gasteiger partial charge on any atom is 0.573 e. The average molecular weight is 267 g/mol. The molecule has 0 aliphatic rings. The quantitative estimate of drug-likeness (QED) is 0.854. The lowest BCUT2D eigenvalue weighted by Gasteiger charge is -2.11. The summed E-state index contributed by atoms with van der Waals surface area (Å²) in [5.74, 6) is -1.81. The second kappa shape index (κ2) is 5.09. The molecule has 92 valence electrons. The molecule has 0 bridgehead atoms. The van der Waals surface area contributed by atoms with E-state index in [1.165, 1.54) is 12.1 Å². The van der Waals surface area contributed by atoms with Crippen LogP contribution in [0.4, 0.5) is 13.2 Å². The summed E-state index contributed by atoms with van der Waals surface area (Å²) in [6.45, 7) is 0. The Morgan fingerprint density at radius 1 is 1.41 bits per heavy atom. The molecule has 0 aliphatic heterocycles. The zero-order valence-electron chi connectivity index (χ0n) is 8.16. The second-order valence-corrected chi connectivity index (χ2v) is 3.26. The van der Waals surface area contributed by atoms with Crippen molar-refractivity contribution >= 4 is 23.6 Å². The molecule has 7 heteroatoms. The van der Waals surface area contributed by atoms with E-state index in [9.17, 15) is 18.0 Å². The largest absolute Gasteiger partial charge is 0.573 e. The Balaban J connectivity index is 3.03. The van der Waals surface area contributed by atoms with E-state index in [0.717, 1.165) is 18.2 Å². The Morgan fingerprint density at radius 3 is 2.59 bits per heavy atom. The summed E-state index contributed by atoms with van der Waals surface area (Å²) in [6, 6.07) is 3.67. The van der Waals surface area contributed by atoms with Crippen LogP contribution in [0.25, 0.3) is 6.08 Å². The minimum Gasteiger partial charge on any atom is -0.478 e. The Hall–Kier alpha value is -1.69. The number of halogens is 4. The van der Waals surface area contributed by atoms with E-state index in [4.69, 9.17) is 16.7 Å². The third kappa shape index (κ3) is 4.36. The second-order valence-electron chi connectivity index (χ2n) is 2.88. The first kappa shape index (κ1) is 13.4. The van der Waals surface area contributed by atoms with Gasteiger partial charge in [0.1, 0.15) is 5.75 Å². The smallest absolute Gasteiger partial charge is 0.478 e. The van der Waals surface area contributed by atoms with Crippen LogP contribution in [0.5, 0.6) is 5.75 Å². The van der Waals surface area contributed by atoms with Crippen LogP contribution in [0.2, 0.25) is 5.02 Å². The van der Waals surface area contributed by atoms with Crippen molar-refractivity contribution in [2.24, 2.45) is 0 Å². The molecule has 0 atom stereocenters. The fourth-order valence-electron chi connectivity index (χ4n) is 1.02. The van der Waals surface area contributed by atoms with Gasteiger partial charge in [-0.1, -0.05) is 23.7 Å². The number of carbonyl (C=O) groups is 1. The summed E-state index contributed by atoms with van der Waals surface area (Å²) in [6.07, 6.45) is -3.01. The molecule has 1 N–H and O–H groups in total. The number of carboxylic acids is 1. The summed E-state index contributed by atoms with van der Waals surface area (Å²) in [5, 5.41) is 8.08. The molecule has 0 saturated carbocycles. The lowest BCUT2D eigenvalue weighted by atomic mass is 10.2. The van der Waals surface area contributed by atoms with Crippen LogP contribution in [-0.4, -0.2) is 17.4 Å². The number of carboxylic acid groups (broad SMARTS) is 1. The van der Waals surface area contributed by atoms with Crippen molar-refractivity contribution in [3.63, 3.8) is 0 Å². The summed E-state index contributed by atoms with van der Waals surface area (Å²) in [4.78, 5) is 10.3. The summed E-state index contributed by atoms with van der Waals surface area (Å²) in [7, 11) is 0. The third-order valence-corrected chi connectivity index (χ3v) is 2.03. The Bertz CT molecular complexity index is 455. The highest BCUT2D eigenvalue weighted by atomic mass is 35.5. The molecule has 0 aromatic heterocycles. The molecule has 0 heterocycles. The standard InChI is InChI=1S/C10H6ClF3O3/c11-9-6(4-5-8(15)16)2-1-3-7(9)17-10(12,13)14/h1-5H,(H,15,16)/b5-4+. The highest BCUT2D eigenvalue weighted by molar-refractivity contribution is 6.33. The molecule has 17 heavy (non-hydrogen) atoms. The lowest BCUT2D eigenvalue weighted by Crippen LogP contribution is -2.17. The van der Waals surface area contributed by atoms with Crippen LogP contribution in [0, 0.1) is 0 Å². The zero-order chi connectivity index (χ0) is 13.1. The zero-order valence-corrected chi connectivity index (χ0v) is 8.92. The number of benzene rings is 1. The van der Waals surface area contributed by atoms with Crippen LogP contribution in [0.15, 0.2) is 24.3 Å². The minimum atomic E-state index is -4.85. The van der Waals surface area contributed by atoms with Gasteiger partial charge in [0, 0.05) is 6.08 Å². The molecule has 3 nitrogen and oxygen atoms in total. The first-order valence-corrected chi connectivity index (χ1v) is 4.62. The van der Waals surface area contributed by atoms with Gasteiger partial charge in [0.25, 0.3) is 0 Å². The SMILES string of the molecule is O=C(O)/C=C/c1cccc(OC(F)(F)F)c1Cl. The molecule has 0 radical (unpaired) electrons. The van der Waals surface area contributed by atoms with Crippen LogP contribution < -0.4 is 4.74 Å². The summed E-state index contributed by atoms with van der Waals surface area (Å²) >= 11 is 5.63. The van der Waals surface area contributed by atoms with Gasteiger partial charge in [-0.25, -0.2) is 4.79 Å². The highest BCUT2D eigenvalue weighted by Gasteiger charge is 2.32. The maximum atomic E-state index is 12.0. The number of alkyl halides is 3. The molecule has 0 fully saturated rings. The average Bonchev–Trinajstić information content (AvgIpc) is 2.17. The third-order valence-electron chi connectivity index (χ3n) is 1.62. The van der Waals surface area contributed by atoms with Crippen molar-refractivity contribution in [1.82, 2.24) is 0 Å². The van der Waals surface area contributed by atoms with Gasteiger partial charge in [-0.05, 0) is 17.7 Å². The van der Waals surface area contributed by atoms with E-state index in [1.54, 1.807) is 0 Å². The molecule has 1 rings (SSSR count). The predicted molar refractivity (Wildman–Crippen MR) is 54.8 cm³/mol. The topological polar surface area (TPSA) is 46.5 Å². The fraction of sp³-hybridized carbons (Fsp3) is 0.100. The summed E-state index contributed by atoms with van der Waals surface area (Å²) < 4.78 is 39.6. The maximum absolute atomic E-state index is 12.0. The molecule has 1 aromatic rings. The van der Waals surface area contributed by atoms with Gasteiger partial charge in [-0.15, -0.1) is 13.2 Å². The van der Waals surface area contributed by atoms with Crippen molar-refractivity contribution in [2.45, 2.75) is 6.36 Å². The fourth-order valence-corrected chi connectivity index (χ4v) is 1.25. The van der Waals surface area contributed by atoms with Crippen LogP contribution in [0.3, 0.4) is 0 Å². The Morgan fingerprint density at radius 2 is 2.06 bits per heavy atom. The van der Waals surface area contributed by atoms with Gasteiger partial charge >= 0.3 is 12.3 Å². The first-order chi connectivity index (χ1) is 7.79. The van der Waals surface area contributed by atoms with E-state index in [1.807, 2.05) is 0 Å². The van der Waals surface area contributed by atoms with E-state index < -0.39 is 18.1 Å². The van der Waals surface area contributed by atoms with E-state index in [-0.39, 0.29) is 10.6 Å². The number of hydrogen-bond acceptors (Lipinski definition) is 2. The van der Waals surface area contributed by atoms with Crippen LogP contribution >= 0.6 is 11.6 Å². The molecule has 0 saturated heterocycles. The first-order valence-electron chi connectivity index (χ1n) is 4.25. The van der Waals surface area contributed by atoms with Gasteiger partial charge in [-0.3, -0.25) is 0 Å². The number of ether oxygens (including phenoxy) is 1. The molecular weight excluding hydrogens is 261 g/mol. The van der Waals surface area contributed by atoms with Gasteiger partial charge in [0.15, 0.2) is 0 Å².